The van der Waals surface area contributed by atoms with Gasteiger partial charge in [0, 0.05) is 30.5 Å². The highest BCUT2D eigenvalue weighted by Crippen LogP contribution is 2.27. The van der Waals surface area contributed by atoms with E-state index in [1.807, 2.05) is 0 Å². The number of anilines is 1. The van der Waals surface area contributed by atoms with Crippen molar-refractivity contribution in [3.05, 3.63) is 24.0 Å². The van der Waals surface area contributed by atoms with Crippen molar-refractivity contribution in [1.82, 2.24) is 10.3 Å². The molecule has 0 aromatic carbocycles. The lowest BCUT2D eigenvalue weighted by molar-refractivity contribution is -0.141. The third kappa shape index (κ3) is 4.38. The van der Waals surface area contributed by atoms with Gasteiger partial charge in [0.25, 0.3) is 0 Å². The Morgan fingerprint density at radius 2 is 2.30 bits per heavy atom. The van der Waals surface area contributed by atoms with E-state index in [1.54, 1.807) is 11.8 Å². The maximum absolute atomic E-state index is 12.3. The topological polar surface area (TPSA) is 54.0 Å². The Morgan fingerprint density at radius 3 is 2.85 bits per heavy atom. The first kappa shape index (κ1) is 15.1. The minimum absolute atomic E-state index is 0.108. The summed E-state index contributed by atoms with van der Waals surface area (Å²) < 4.78 is 37.0. The number of rotatable bonds is 3. The van der Waals surface area contributed by atoms with Crippen molar-refractivity contribution in [2.75, 3.05) is 23.4 Å². The maximum atomic E-state index is 12.3. The second-order valence-corrected chi connectivity index (χ2v) is 5.56. The number of aromatic nitrogens is 1. The number of carbonyl (C=O) groups excluding carboxylic acids is 1. The predicted octanol–water partition coefficient (Wildman–Crippen LogP) is 2.13. The fraction of sp³-hybridized carbons (Fsp3) is 0.500. The molecule has 1 aliphatic heterocycles. The van der Waals surface area contributed by atoms with Crippen LogP contribution in [-0.2, 0) is 11.0 Å². The molecular formula is C12H14F3N3OS. The molecule has 1 aromatic heterocycles. The molecule has 1 fully saturated rings. The van der Waals surface area contributed by atoms with Crippen LogP contribution >= 0.6 is 11.8 Å². The predicted molar refractivity (Wildman–Crippen MR) is 71.6 cm³/mol. The van der Waals surface area contributed by atoms with Crippen molar-refractivity contribution in [2.45, 2.75) is 18.6 Å². The van der Waals surface area contributed by atoms with Gasteiger partial charge in [-0.1, -0.05) is 0 Å². The molecule has 1 aromatic rings. The Kier molecular flexibility index (Phi) is 4.87. The highest BCUT2D eigenvalue weighted by molar-refractivity contribution is 7.99. The van der Waals surface area contributed by atoms with Crippen LogP contribution in [0.3, 0.4) is 0 Å². The van der Waals surface area contributed by atoms with Crippen molar-refractivity contribution < 1.29 is 18.0 Å². The maximum Gasteiger partial charge on any atom is 0.433 e. The molecule has 0 spiro atoms. The number of nitrogens with one attached hydrogen (secondary N) is 2. The summed E-state index contributed by atoms with van der Waals surface area (Å²) in [4.78, 5) is 15.0. The average Bonchev–Trinajstić information content (AvgIpc) is 2.39. The largest absolute Gasteiger partial charge is 0.433 e. The van der Waals surface area contributed by atoms with Gasteiger partial charge in [-0.3, -0.25) is 4.79 Å². The van der Waals surface area contributed by atoms with Gasteiger partial charge in [-0.2, -0.15) is 24.9 Å². The first-order valence-corrected chi connectivity index (χ1v) is 7.25. The van der Waals surface area contributed by atoms with Gasteiger partial charge in [0.1, 0.15) is 5.69 Å². The van der Waals surface area contributed by atoms with Crippen molar-refractivity contribution in [3.63, 3.8) is 0 Å². The molecule has 4 nitrogen and oxygen atoms in total. The van der Waals surface area contributed by atoms with E-state index in [1.165, 1.54) is 6.07 Å². The summed E-state index contributed by atoms with van der Waals surface area (Å²) in [6, 6.07) is 2.16. The number of nitrogens with zero attached hydrogens (tertiary/aromatic N) is 1. The zero-order valence-electron chi connectivity index (χ0n) is 10.5. The molecule has 0 aliphatic carbocycles. The van der Waals surface area contributed by atoms with Crippen LogP contribution in [0, 0.1) is 0 Å². The van der Waals surface area contributed by atoms with Crippen LogP contribution < -0.4 is 10.6 Å². The molecular weight excluding hydrogens is 291 g/mol. The van der Waals surface area contributed by atoms with E-state index in [9.17, 15) is 18.0 Å². The minimum Gasteiger partial charge on any atom is -0.325 e. The number of halogens is 3. The fourth-order valence-electron chi connectivity index (χ4n) is 1.82. The lowest BCUT2D eigenvalue weighted by Gasteiger charge is -2.22. The molecule has 1 amide bonds. The molecule has 110 valence electrons. The standard InChI is InChI=1S/C12H14F3N3OS/c13-12(14,15)10-2-1-8(6-17-10)18-11(19)5-9-7-20-4-3-16-9/h1-2,6,9,16H,3-5,7H2,(H,18,19). The molecule has 1 saturated heterocycles. The Morgan fingerprint density at radius 1 is 1.50 bits per heavy atom. The van der Waals surface area contributed by atoms with E-state index in [-0.39, 0.29) is 17.6 Å². The number of hydrogen-bond acceptors (Lipinski definition) is 4. The molecule has 2 N–H and O–H groups in total. The molecule has 8 heteroatoms. The van der Waals surface area contributed by atoms with E-state index in [4.69, 9.17) is 0 Å². The second kappa shape index (κ2) is 6.45. The fourth-order valence-corrected chi connectivity index (χ4v) is 2.77. The van der Waals surface area contributed by atoms with Gasteiger partial charge in [0.2, 0.25) is 5.91 Å². The van der Waals surface area contributed by atoms with Gasteiger partial charge in [-0.15, -0.1) is 0 Å². The number of alkyl halides is 3. The van der Waals surface area contributed by atoms with Crippen LogP contribution in [0.4, 0.5) is 18.9 Å². The Bertz CT molecular complexity index is 458. The molecule has 1 atom stereocenters. The molecule has 2 heterocycles. The third-order valence-electron chi connectivity index (χ3n) is 2.77. The number of amides is 1. The summed E-state index contributed by atoms with van der Waals surface area (Å²) in [5.41, 5.74) is -0.702. The van der Waals surface area contributed by atoms with Gasteiger partial charge in [0.15, 0.2) is 0 Å². The van der Waals surface area contributed by atoms with Gasteiger partial charge in [-0.05, 0) is 12.1 Å². The second-order valence-electron chi connectivity index (χ2n) is 4.41. The van der Waals surface area contributed by atoms with Crippen molar-refractivity contribution in [2.24, 2.45) is 0 Å². The van der Waals surface area contributed by atoms with Crippen molar-refractivity contribution >= 4 is 23.4 Å². The van der Waals surface area contributed by atoms with Gasteiger partial charge in [0.05, 0.1) is 11.9 Å². The number of pyridine rings is 1. The summed E-state index contributed by atoms with van der Waals surface area (Å²) in [7, 11) is 0. The summed E-state index contributed by atoms with van der Waals surface area (Å²) in [6.07, 6.45) is -3.15. The highest BCUT2D eigenvalue weighted by atomic mass is 32.2. The van der Waals surface area contributed by atoms with Gasteiger partial charge >= 0.3 is 6.18 Å². The van der Waals surface area contributed by atoms with Gasteiger partial charge < -0.3 is 10.6 Å². The average molecular weight is 305 g/mol. The van der Waals surface area contributed by atoms with Crippen molar-refractivity contribution in [3.8, 4) is 0 Å². The quantitative estimate of drug-likeness (QED) is 0.898. The molecule has 0 saturated carbocycles. The minimum atomic E-state index is -4.47. The van der Waals surface area contributed by atoms with E-state index in [0.717, 1.165) is 30.3 Å². The van der Waals surface area contributed by atoms with E-state index in [0.29, 0.717) is 6.42 Å². The van der Waals surface area contributed by atoms with E-state index in [2.05, 4.69) is 15.6 Å². The van der Waals surface area contributed by atoms with Crippen LogP contribution in [0.1, 0.15) is 12.1 Å². The highest BCUT2D eigenvalue weighted by Gasteiger charge is 2.32. The Labute approximate surface area is 118 Å². The summed E-state index contributed by atoms with van der Waals surface area (Å²) in [6.45, 7) is 0.866. The smallest absolute Gasteiger partial charge is 0.325 e. The Balaban J connectivity index is 1.87. The number of thioether (sulfide) groups is 1. The number of hydrogen-bond donors (Lipinski definition) is 2. The molecule has 20 heavy (non-hydrogen) atoms. The van der Waals surface area contributed by atoms with E-state index >= 15 is 0 Å². The lowest BCUT2D eigenvalue weighted by Crippen LogP contribution is -2.39. The number of carbonyl (C=O) groups is 1. The molecule has 0 radical (unpaired) electrons. The summed E-state index contributed by atoms with van der Waals surface area (Å²) >= 11 is 1.78. The summed E-state index contributed by atoms with van der Waals surface area (Å²) in [5.74, 6) is 1.66. The molecule has 0 bridgehead atoms. The molecule has 1 unspecified atom stereocenters. The Hall–Kier alpha value is -1.28. The zero-order chi connectivity index (χ0) is 14.6. The SMILES string of the molecule is O=C(CC1CSCCN1)Nc1ccc(C(F)(F)F)nc1. The normalized spacial score (nSPS) is 19.6. The third-order valence-corrected chi connectivity index (χ3v) is 3.90. The first-order valence-electron chi connectivity index (χ1n) is 6.09. The summed E-state index contributed by atoms with van der Waals surface area (Å²) in [5, 5.41) is 5.77. The molecule has 2 rings (SSSR count). The van der Waals surface area contributed by atoms with Gasteiger partial charge in [-0.25, -0.2) is 4.98 Å². The van der Waals surface area contributed by atoms with Crippen LogP contribution in [0.15, 0.2) is 18.3 Å². The van der Waals surface area contributed by atoms with Crippen LogP contribution in [-0.4, -0.2) is 35.0 Å². The van der Waals surface area contributed by atoms with Crippen molar-refractivity contribution in [1.29, 1.82) is 0 Å². The monoisotopic (exact) mass is 305 g/mol. The zero-order valence-corrected chi connectivity index (χ0v) is 11.4. The lowest BCUT2D eigenvalue weighted by atomic mass is 10.2. The van der Waals surface area contributed by atoms with E-state index < -0.39 is 11.9 Å². The van der Waals surface area contributed by atoms with Crippen LogP contribution in [0.25, 0.3) is 0 Å². The van der Waals surface area contributed by atoms with Crippen LogP contribution in [0.5, 0.6) is 0 Å². The molecule has 1 aliphatic rings. The first-order chi connectivity index (χ1) is 9.45. The van der Waals surface area contributed by atoms with Crippen LogP contribution in [0.2, 0.25) is 0 Å².